The number of carboxylic acids is 1. The van der Waals surface area contributed by atoms with Crippen LogP contribution in [0.2, 0.25) is 0 Å². The van der Waals surface area contributed by atoms with Crippen molar-refractivity contribution in [1.82, 2.24) is 4.31 Å². The van der Waals surface area contributed by atoms with Gasteiger partial charge in [0.2, 0.25) is 10.0 Å². The summed E-state index contributed by atoms with van der Waals surface area (Å²) in [5.41, 5.74) is 0. The highest BCUT2D eigenvalue weighted by Crippen LogP contribution is 2.09. The molecule has 0 aromatic rings. The van der Waals surface area contributed by atoms with Gasteiger partial charge >= 0.3 is 5.97 Å². The quantitative estimate of drug-likeness (QED) is 0.622. The smallest absolute Gasteiger partial charge is 0.321 e. The summed E-state index contributed by atoms with van der Waals surface area (Å²) in [6.45, 7) is 1.98. The highest BCUT2D eigenvalue weighted by molar-refractivity contribution is 7.89. The zero-order chi connectivity index (χ0) is 12.8. The van der Waals surface area contributed by atoms with E-state index in [-0.39, 0.29) is 12.2 Å². The molecule has 0 rings (SSSR count). The fourth-order valence-electron chi connectivity index (χ4n) is 1.31. The number of ether oxygens (including phenoxy) is 1. The van der Waals surface area contributed by atoms with Crippen LogP contribution < -0.4 is 0 Å². The maximum absolute atomic E-state index is 11.7. The predicted molar refractivity (Wildman–Crippen MR) is 59.8 cm³/mol. The van der Waals surface area contributed by atoms with Gasteiger partial charge in [0.1, 0.15) is 6.04 Å². The van der Waals surface area contributed by atoms with Gasteiger partial charge in [0.15, 0.2) is 0 Å². The third-order valence-electron chi connectivity index (χ3n) is 2.30. The molecular formula is C9H19NO5S. The minimum absolute atomic E-state index is 0.0961. The average Bonchev–Trinajstić information content (AvgIpc) is 2.18. The molecule has 6 nitrogen and oxygen atoms in total. The van der Waals surface area contributed by atoms with E-state index in [1.54, 1.807) is 6.92 Å². The second kappa shape index (κ2) is 6.82. The molecule has 96 valence electrons. The van der Waals surface area contributed by atoms with Gasteiger partial charge in [-0.2, -0.15) is 4.31 Å². The number of aliphatic carboxylic acids is 1. The van der Waals surface area contributed by atoms with Crippen molar-refractivity contribution in [2.45, 2.75) is 25.8 Å². The first-order chi connectivity index (χ1) is 7.36. The number of sulfonamides is 1. The molecule has 7 heteroatoms. The molecular weight excluding hydrogens is 234 g/mol. The fourth-order valence-corrected chi connectivity index (χ4v) is 2.71. The van der Waals surface area contributed by atoms with Crippen molar-refractivity contribution >= 4 is 16.0 Å². The number of carbonyl (C=O) groups is 1. The third-order valence-corrected chi connectivity index (χ3v) is 4.24. The number of nitrogens with zero attached hydrogens (tertiary/aromatic N) is 1. The average molecular weight is 253 g/mol. The minimum atomic E-state index is -3.52. The number of carboxylic acid groups (broad SMARTS) is 1. The van der Waals surface area contributed by atoms with E-state index in [2.05, 4.69) is 0 Å². The summed E-state index contributed by atoms with van der Waals surface area (Å²) in [5, 5.41) is 8.85. The number of hydrogen-bond acceptors (Lipinski definition) is 4. The van der Waals surface area contributed by atoms with Crippen LogP contribution in [0.25, 0.3) is 0 Å². The van der Waals surface area contributed by atoms with E-state index in [0.29, 0.717) is 13.0 Å². The van der Waals surface area contributed by atoms with Gasteiger partial charge < -0.3 is 9.84 Å². The summed E-state index contributed by atoms with van der Waals surface area (Å²) in [7, 11) is -0.732. The molecule has 1 atom stereocenters. The van der Waals surface area contributed by atoms with Crippen LogP contribution in [-0.2, 0) is 19.6 Å². The van der Waals surface area contributed by atoms with Gasteiger partial charge in [-0.15, -0.1) is 0 Å². The van der Waals surface area contributed by atoms with E-state index in [4.69, 9.17) is 9.84 Å². The minimum Gasteiger partial charge on any atom is -0.480 e. The number of rotatable bonds is 8. The molecule has 0 aromatic carbocycles. The molecule has 0 aliphatic heterocycles. The zero-order valence-electron chi connectivity index (χ0n) is 9.84. The Bertz CT molecular complexity index is 314. The van der Waals surface area contributed by atoms with E-state index in [1.807, 2.05) is 0 Å². The largest absolute Gasteiger partial charge is 0.480 e. The van der Waals surface area contributed by atoms with Crippen LogP contribution in [0.4, 0.5) is 0 Å². The monoisotopic (exact) mass is 253 g/mol. The van der Waals surface area contributed by atoms with Gasteiger partial charge in [0.25, 0.3) is 0 Å². The van der Waals surface area contributed by atoms with E-state index < -0.39 is 22.0 Å². The Morgan fingerprint density at radius 3 is 2.44 bits per heavy atom. The summed E-state index contributed by atoms with van der Waals surface area (Å²) in [4.78, 5) is 10.8. The molecule has 1 N–H and O–H groups in total. The molecule has 0 bridgehead atoms. The number of likely N-dealkylation sites (N-methyl/N-ethyl adjacent to an activating group) is 1. The number of methoxy groups -OCH3 is 1. The first-order valence-electron chi connectivity index (χ1n) is 5.04. The van der Waals surface area contributed by atoms with Crippen LogP contribution in [0.3, 0.4) is 0 Å². The van der Waals surface area contributed by atoms with E-state index >= 15 is 0 Å². The third kappa shape index (κ3) is 4.46. The molecule has 0 aliphatic rings. The summed E-state index contributed by atoms with van der Waals surface area (Å²) in [6.07, 6.45) is 0.606. The molecule has 0 saturated heterocycles. The maximum atomic E-state index is 11.7. The first-order valence-corrected chi connectivity index (χ1v) is 6.65. The number of hydrogen-bond donors (Lipinski definition) is 1. The Kier molecular flexibility index (Phi) is 6.54. The summed E-state index contributed by atoms with van der Waals surface area (Å²) in [6, 6.07) is -0.993. The van der Waals surface area contributed by atoms with Crippen LogP contribution >= 0.6 is 0 Å². The summed E-state index contributed by atoms with van der Waals surface area (Å²) >= 11 is 0. The molecule has 0 fully saturated rings. The van der Waals surface area contributed by atoms with Crippen LogP contribution in [0.5, 0.6) is 0 Å². The Hall–Kier alpha value is -0.660. The normalized spacial score (nSPS) is 14.0. The van der Waals surface area contributed by atoms with Crippen molar-refractivity contribution in [3.05, 3.63) is 0 Å². The molecule has 0 aromatic heterocycles. The Morgan fingerprint density at radius 1 is 1.50 bits per heavy atom. The summed E-state index contributed by atoms with van der Waals surface area (Å²) in [5.74, 6) is -1.22. The first kappa shape index (κ1) is 15.3. The van der Waals surface area contributed by atoms with E-state index in [1.165, 1.54) is 14.2 Å². The molecule has 0 radical (unpaired) electrons. The van der Waals surface area contributed by atoms with Crippen LogP contribution in [0, 0.1) is 0 Å². The lowest BCUT2D eigenvalue weighted by atomic mass is 10.2. The molecule has 0 heterocycles. The zero-order valence-corrected chi connectivity index (χ0v) is 10.7. The molecule has 0 saturated carbocycles. The van der Waals surface area contributed by atoms with E-state index in [0.717, 1.165) is 4.31 Å². The lowest BCUT2D eigenvalue weighted by molar-refractivity contribution is -0.141. The van der Waals surface area contributed by atoms with Crippen molar-refractivity contribution in [3.8, 4) is 0 Å². The van der Waals surface area contributed by atoms with Crippen LogP contribution in [0.1, 0.15) is 19.8 Å². The molecule has 16 heavy (non-hydrogen) atoms. The van der Waals surface area contributed by atoms with Crippen molar-refractivity contribution in [2.24, 2.45) is 0 Å². The highest BCUT2D eigenvalue weighted by atomic mass is 32.2. The molecule has 1 unspecified atom stereocenters. The fraction of sp³-hybridized carbons (Fsp3) is 0.889. The Labute approximate surface area is 96.2 Å². The lowest BCUT2D eigenvalue weighted by Gasteiger charge is -2.22. The van der Waals surface area contributed by atoms with Gasteiger partial charge in [0, 0.05) is 20.8 Å². The van der Waals surface area contributed by atoms with Gasteiger partial charge in [-0.3, -0.25) is 4.79 Å². The SMILES string of the molecule is CCC(C(=O)O)N(C)S(=O)(=O)CCCOC. The van der Waals surface area contributed by atoms with Gasteiger partial charge in [-0.05, 0) is 12.8 Å². The second-order valence-corrected chi connectivity index (χ2v) is 5.59. The van der Waals surface area contributed by atoms with E-state index in [9.17, 15) is 13.2 Å². The maximum Gasteiger partial charge on any atom is 0.321 e. The lowest BCUT2D eigenvalue weighted by Crippen LogP contribution is -2.43. The standard InChI is InChI=1S/C9H19NO5S/c1-4-8(9(11)12)10(2)16(13,14)7-5-6-15-3/h8H,4-7H2,1-3H3,(H,11,12). The predicted octanol–water partition coefficient (Wildman–Crippen LogP) is 0.148. The van der Waals surface area contributed by atoms with Gasteiger partial charge in [0.05, 0.1) is 5.75 Å². The van der Waals surface area contributed by atoms with Crippen LogP contribution in [-0.4, -0.2) is 56.4 Å². The second-order valence-electron chi connectivity index (χ2n) is 3.44. The van der Waals surface area contributed by atoms with Crippen molar-refractivity contribution in [1.29, 1.82) is 0 Å². The van der Waals surface area contributed by atoms with Gasteiger partial charge in [-0.1, -0.05) is 6.92 Å². The van der Waals surface area contributed by atoms with Gasteiger partial charge in [-0.25, -0.2) is 8.42 Å². The molecule has 0 spiro atoms. The molecule has 0 amide bonds. The Balaban J connectivity index is 4.55. The summed E-state index contributed by atoms with van der Waals surface area (Å²) < 4.78 is 29.1. The van der Waals surface area contributed by atoms with Crippen molar-refractivity contribution in [3.63, 3.8) is 0 Å². The van der Waals surface area contributed by atoms with Crippen molar-refractivity contribution < 1.29 is 23.1 Å². The topological polar surface area (TPSA) is 83.9 Å². The highest BCUT2D eigenvalue weighted by Gasteiger charge is 2.29. The molecule has 0 aliphatic carbocycles. The Morgan fingerprint density at radius 2 is 2.06 bits per heavy atom. The van der Waals surface area contributed by atoms with Crippen LogP contribution in [0.15, 0.2) is 0 Å². The van der Waals surface area contributed by atoms with Crippen molar-refractivity contribution in [2.75, 3.05) is 26.5 Å².